The topological polar surface area (TPSA) is 24.9 Å². The molecule has 1 aromatic heterocycles. The maximum absolute atomic E-state index is 6.30. The average Bonchev–Trinajstić information content (AvgIpc) is 2.46. The molecule has 0 fully saturated rings. The molecule has 106 valence electrons. The Morgan fingerprint density at radius 1 is 1.20 bits per heavy atom. The molecule has 1 heterocycles. The van der Waals surface area contributed by atoms with Crippen LogP contribution in [0.5, 0.6) is 0 Å². The third-order valence-corrected chi connectivity index (χ3v) is 3.61. The van der Waals surface area contributed by atoms with Gasteiger partial charge in [-0.1, -0.05) is 56.1 Å². The van der Waals surface area contributed by atoms with Gasteiger partial charge in [0, 0.05) is 6.20 Å². The van der Waals surface area contributed by atoms with Crippen LogP contribution in [0.4, 0.5) is 0 Å². The number of nitrogens with zero attached hydrogens (tertiary/aromatic N) is 1. The van der Waals surface area contributed by atoms with Crippen molar-refractivity contribution in [1.29, 1.82) is 0 Å². The third-order valence-electron chi connectivity index (χ3n) is 3.29. The molecule has 1 unspecified atom stereocenters. The van der Waals surface area contributed by atoms with Gasteiger partial charge in [-0.15, -0.1) is 0 Å². The first-order chi connectivity index (χ1) is 9.76. The number of rotatable bonds is 6. The van der Waals surface area contributed by atoms with Crippen LogP contribution in [-0.4, -0.2) is 11.5 Å². The van der Waals surface area contributed by atoms with E-state index in [2.05, 4.69) is 48.4 Å². The Morgan fingerprint density at radius 2 is 2.05 bits per heavy atom. The summed E-state index contributed by atoms with van der Waals surface area (Å²) in [6.45, 7) is 5.17. The van der Waals surface area contributed by atoms with E-state index < -0.39 is 0 Å². The predicted molar refractivity (Wildman–Crippen MR) is 85.2 cm³/mol. The molecular weight excluding hydrogens is 268 g/mol. The van der Waals surface area contributed by atoms with Gasteiger partial charge in [0.1, 0.15) is 0 Å². The SMILES string of the molecule is CCCc1cccc(C(NCC)c2ncccc2Cl)c1. The van der Waals surface area contributed by atoms with Crippen molar-refractivity contribution in [2.75, 3.05) is 6.54 Å². The van der Waals surface area contributed by atoms with E-state index in [0.29, 0.717) is 5.02 Å². The number of aromatic nitrogens is 1. The van der Waals surface area contributed by atoms with Gasteiger partial charge in [0.25, 0.3) is 0 Å². The van der Waals surface area contributed by atoms with Crippen LogP contribution in [0, 0.1) is 0 Å². The molecule has 0 bridgehead atoms. The summed E-state index contributed by atoms with van der Waals surface area (Å²) < 4.78 is 0. The van der Waals surface area contributed by atoms with Crippen LogP contribution < -0.4 is 5.32 Å². The van der Waals surface area contributed by atoms with Crippen LogP contribution in [-0.2, 0) is 6.42 Å². The number of hydrogen-bond acceptors (Lipinski definition) is 2. The van der Waals surface area contributed by atoms with E-state index in [0.717, 1.165) is 25.1 Å². The van der Waals surface area contributed by atoms with Crippen LogP contribution >= 0.6 is 11.6 Å². The maximum Gasteiger partial charge on any atom is 0.0804 e. The van der Waals surface area contributed by atoms with Crippen LogP contribution in [0.2, 0.25) is 5.02 Å². The fourth-order valence-corrected chi connectivity index (χ4v) is 2.63. The molecule has 0 saturated carbocycles. The summed E-state index contributed by atoms with van der Waals surface area (Å²) in [4.78, 5) is 4.45. The normalized spacial score (nSPS) is 12.3. The van der Waals surface area contributed by atoms with Crippen molar-refractivity contribution in [2.24, 2.45) is 0 Å². The molecule has 2 rings (SSSR count). The zero-order valence-corrected chi connectivity index (χ0v) is 12.8. The van der Waals surface area contributed by atoms with Crippen LogP contribution in [0.15, 0.2) is 42.6 Å². The first kappa shape index (κ1) is 15.0. The highest BCUT2D eigenvalue weighted by Crippen LogP contribution is 2.27. The highest BCUT2D eigenvalue weighted by Gasteiger charge is 2.17. The summed E-state index contributed by atoms with van der Waals surface area (Å²) in [5, 5.41) is 4.19. The summed E-state index contributed by atoms with van der Waals surface area (Å²) in [5.74, 6) is 0. The van der Waals surface area contributed by atoms with Gasteiger partial charge in [0.15, 0.2) is 0 Å². The van der Waals surface area contributed by atoms with Crippen molar-refractivity contribution < 1.29 is 0 Å². The van der Waals surface area contributed by atoms with E-state index >= 15 is 0 Å². The number of hydrogen-bond donors (Lipinski definition) is 1. The minimum absolute atomic E-state index is 0.0468. The molecule has 1 aromatic carbocycles. The minimum atomic E-state index is 0.0468. The summed E-state index contributed by atoms with van der Waals surface area (Å²) in [6, 6.07) is 12.5. The van der Waals surface area contributed by atoms with E-state index in [1.807, 2.05) is 12.1 Å². The second-order valence-electron chi connectivity index (χ2n) is 4.86. The van der Waals surface area contributed by atoms with Gasteiger partial charge in [0.2, 0.25) is 0 Å². The number of benzene rings is 1. The first-order valence-corrected chi connectivity index (χ1v) is 7.56. The number of nitrogens with one attached hydrogen (secondary N) is 1. The molecule has 0 aliphatic heterocycles. The van der Waals surface area contributed by atoms with E-state index in [1.165, 1.54) is 11.1 Å². The van der Waals surface area contributed by atoms with Crippen molar-refractivity contribution >= 4 is 11.6 Å². The maximum atomic E-state index is 6.30. The van der Waals surface area contributed by atoms with Gasteiger partial charge < -0.3 is 5.32 Å². The standard InChI is InChI=1S/C17H21ClN2/c1-3-7-13-8-5-9-14(12-13)16(19-4-2)17-15(18)10-6-11-20-17/h5-6,8-12,16,19H,3-4,7H2,1-2H3. The van der Waals surface area contributed by atoms with Gasteiger partial charge in [0.05, 0.1) is 16.8 Å². The van der Waals surface area contributed by atoms with Crippen LogP contribution in [0.3, 0.4) is 0 Å². The molecular formula is C17H21ClN2. The quantitative estimate of drug-likeness (QED) is 0.853. The molecule has 3 heteroatoms. The van der Waals surface area contributed by atoms with E-state index in [9.17, 15) is 0 Å². The second-order valence-corrected chi connectivity index (χ2v) is 5.26. The minimum Gasteiger partial charge on any atom is -0.305 e. The van der Waals surface area contributed by atoms with Gasteiger partial charge in [-0.25, -0.2) is 0 Å². The lowest BCUT2D eigenvalue weighted by atomic mass is 9.99. The average molecular weight is 289 g/mol. The zero-order chi connectivity index (χ0) is 14.4. The molecule has 1 atom stereocenters. The Bertz CT molecular complexity index is 554. The Hall–Kier alpha value is -1.38. The molecule has 2 nitrogen and oxygen atoms in total. The van der Waals surface area contributed by atoms with E-state index in [-0.39, 0.29) is 6.04 Å². The van der Waals surface area contributed by atoms with Crippen molar-refractivity contribution in [3.8, 4) is 0 Å². The fourth-order valence-electron chi connectivity index (χ4n) is 2.40. The summed E-state index contributed by atoms with van der Waals surface area (Å²) >= 11 is 6.30. The Balaban J connectivity index is 2.38. The van der Waals surface area contributed by atoms with Crippen molar-refractivity contribution in [2.45, 2.75) is 32.7 Å². The van der Waals surface area contributed by atoms with E-state index in [4.69, 9.17) is 11.6 Å². The number of pyridine rings is 1. The zero-order valence-electron chi connectivity index (χ0n) is 12.1. The van der Waals surface area contributed by atoms with E-state index in [1.54, 1.807) is 6.20 Å². The molecule has 0 amide bonds. The van der Waals surface area contributed by atoms with Gasteiger partial charge >= 0.3 is 0 Å². The van der Waals surface area contributed by atoms with Gasteiger partial charge in [-0.2, -0.15) is 0 Å². The smallest absolute Gasteiger partial charge is 0.0804 e. The lowest BCUT2D eigenvalue weighted by Crippen LogP contribution is -2.23. The molecule has 0 aliphatic carbocycles. The molecule has 0 spiro atoms. The van der Waals surface area contributed by atoms with Gasteiger partial charge in [-0.3, -0.25) is 4.98 Å². The Morgan fingerprint density at radius 3 is 2.75 bits per heavy atom. The summed E-state index contributed by atoms with van der Waals surface area (Å²) in [7, 11) is 0. The van der Waals surface area contributed by atoms with Crippen molar-refractivity contribution in [3.05, 3.63) is 64.4 Å². The molecule has 0 radical (unpaired) electrons. The Kier molecular flexibility index (Phi) is 5.57. The highest BCUT2D eigenvalue weighted by atomic mass is 35.5. The number of aryl methyl sites for hydroxylation is 1. The monoisotopic (exact) mass is 288 g/mol. The summed E-state index contributed by atoms with van der Waals surface area (Å²) in [5.41, 5.74) is 3.48. The first-order valence-electron chi connectivity index (χ1n) is 7.18. The van der Waals surface area contributed by atoms with Crippen molar-refractivity contribution in [3.63, 3.8) is 0 Å². The second kappa shape index (κ2) is 7.41. The molecule has 20 heavy (non-hydrogen) atoms. The lowest BCUT2D eigenvalue weighted by Gasteiger charge is -2.19. The van der Waals surface area contributed by atoms with Crippen LogP contribution in [0.25, 0.3) is 0 Å². The van der Waals surface area contributed by atoms with Gasteiger partial charge in [-0.05, 0) is 36.2 Å². The fraction of sp³-hybridized carbons (Fsp3) is 0.353. The molecule has 1 N–H and O–H groups in total. The molecule has 0 aliphatic rings. The molecule has 0 saturated heterocycles. The van der Waals surface area contributed by atoms with Crippen LogP contribution in [0.1, 0.15) is 43.1 Å². The number of halogens is 1. The Labute approximate surface area is 126 Å². The lowest BCUT2D eigenvalue weighted by molar-refractivity contribution is 0.615. The van der Waals surface area contributed by atoms with Crippen molar-refractivity contribution in [1.82, 2.24) is 10.3 Å². The molecule has 2 aromatic rings. The summed E-state index contributed by atoms with van der Waals surface area (Å²) in [6.07, 6.45) is 4.05. The highest BCUT2D eigenvalue weighted by molar-refractivity contribution is 6.31. The predicted octanol–water partition coefficient (Wildman–Crippen LogP) is 4.39. The largest absolute Gasteiger partial charge is 0.305 e. The third kappa shape index (κ3) is 3.59.